The van der Waals surface area contributed by atoms with Gasteiger partial charge in [0.25, 0.3) is 5.91 Å². The number of likely N-dealkylation sites (tertiary alicyclic amines) is 1. The number of alkyl halides is 2. The third-order valence-corrected chi connectivity index (χ3v) is 5.32. The third kappa shape index (κ3) is 3.82. The Kier molecular flexibility index (Phi) is 5.06. The number of halogens is 2. The Morgan fingerprint density at radius 2 is 2.16 bits per heavy atom. The number of carbonyl (C=O) groups excluding carboxylic acids is 2. The largest absolute Gasteiger partial charge is 0.351 e. The Morgan fingerprint density at radius 3 is 2.76 bits per heavy atom. The average Bonchev–Trinajstić information content (AvgIpc) is 3.22. The van der Waals surface area contributed by atoms with E-state index in [2.05, 4.69) is 17.3 Å². The predicted molar refractivity (Wildman–Crippen MR) is 87.0 cm³/mol. The zero-order chi connectivity index (χ0) is 18.1. The highest BCUT2D eigenvalue weighted by atomic mass is 19.3. The Hall–Kier alpha value is -1.99. The van der Waals surface area contributed by atoms with Crippen LogP contribution in [0, 0.1) is 11.8 Å². The quantitative estimate of drug-likeness (QED) is 0.883. The molecule has 138 valence electrons. The number of aromatic nitrogens is 2. The van der Waals surface area contributed by atoms with Crippen LogP contribution in [0.4, 0.5) is 8.78 Å². The maximum Gasteiger partial charge on any atom is 0.333 e. The molecule has 0 bridgehead atoms. The zero-order valence-electron chi connectivity index (χ0n) is 14.5. The van der Waals surface area contributed by atoms with Crippen LogP contribution in [0.2, 0.25) is 0 Å². The molecule has 0 radical (unpaired) electrons. The fourth-order valence-corrected chi connectivity index (χ4v) is 3.56. The summed E-state index contributed by atoms with van der Waals surface area (Å²) >= 11 is 0. The van der Waals surface area contributed by atoms with E-state index in [9.17, 15) is 18.4 Å². The number of rotatable bonds is 5. The van der Waals surface area contributed by atoms with E-state index < -0.39 is 6.55 Å². The molecule has 2 heterocycles. The minimum Gasteiger partial charge on any atom is -0.351 e. The molecule has 8 heteroatoms. The molecule has 1 saturated heterocycles. The summed E-state index contributed by atoms with van der Waals surface area (Å²) < 4.78 is 25.7. The topological polar surface area (TPSA) is 67.2 Å². The van der Waals surface area contributed by atoms with Crippen LogP contribution in [-0.2, 0) is 4.79 Å². The van der Waals surface area contributed by atoms with Crippen LogP contribution >= 0.6 is 0 Å². The molecule has 1 aliphatic carbocycles. The highest BCUT2D eigenvalue weighted by molar-refractivity contribution is 5.94. The van der Waals surface area contributed by atoms with Crippen molar-refractivity contribution in [1.29, 1.82) is 0 Å². The lowest BCUT2D eigenvalue weighted by atomic mass is 9.98. The summed E-state index contributed by atoms with van der Waals surface area (Å²) in [5.74, 6) is 0.346. The van der Waals surface area contributed by atoms with Crippen molar-refractivity contribution in [1.82, 2.24) is 20.0 Å². The van der Waals surface area contributed by atoms with Crippen molar-refractivity contribution in [2.45, 2.75) is 58.2 Å². The number of amides is 2. The fourth-order valence-electron chi connectivity index (χ4n) is 3.56. The van der Waals surface area contributed by atoms with Crippen molar-refractivity contribution in [2.75, 3.05) is 6.54 Å². The number of hydrogen-bond donors (Lipinski definition) is 1. The van der Waals surface area contributed by atoms with Crippen LogP contribution in [0.15, 0.2) is 12.4 Å². The van der Waals surface area contributed by atoms with Gasteiger partial charge in [-0.3, -0.25) is 9.59 Å². The molecule has 6 nitrogen and oxygen atoms in total. The molecule has 1 saturated carbocycles. The van der Waals surface area contributed by atoms with E-state index >= 15 is 0 Å². The molecule has 2 amide bonds. The number of hydrogen-bond acceptors (Lipinski definition) is 3. The first-order valence-electron chi connectivity index (χ1n) is 8.84. The first-order valence-corrected chi connectivity index (χ1v) is 8.84. The highest BCUT2D eigenvalue weighted by Crippen LogP contribution is 2.41. The van der Waals surface area contributed by atoms with Crippen LogP contribution in [0.3, 0.4) is 0 Å². The molecule has 2 aliphatic rings. The van der Waals surface area contributed by atoms with Crippen LogP contribution in [0.5, 0.6) is 0 Å². The molecule has 1 aromatic rings. The Morgan fingerprint density at radius 1 is 1.40 bits per heavy atom. The minimum atomic E-state index is -2.77. The molecule has 3 rings (SSSR count). The first-order chi connectivity index (χ1) is 11.9. The second-order valence-corrected chi connectivity index (χ2v) is 7.09. The first kappa shape index (κ1) is 17.8. The van der Waals surface area contributed by atoms with E-state index in [4.69, 9.17) is 0 Å². The second-order valence-electron chi connectivity index (χ2n) is 7.09. The monoisotopic (exact) mass is 354 g/mol. The van der Waals surface area contributed by atoms with Gasteiger partial charge in [-0.05, 0) is 32.1 Å². The van der Waals surface area contributed by atoms with Gasteiger partial charge in [0.15, 0.2) is 0 Å². The second kappa shape index (κ2) is 7.09. The number of carbonyl (C=O) groups is 2. The predicted octanol–water partition coefficient (Wildman–Crippen LogP) is 2.43. The molecule has 1 aliphatic heterocycles. The molecule has 25 heavy (non-hydrogen) atoms. The van der Waals surface area contributed by atoms with Gasteiger partial charge in [0.05, 0.1) is 11.8 Å². The summed E-state index contributed by atoms with van der Waals surface area (Å²) in [7, 11) is 0. The molecule has 0 spiro atoms. The SMILES string of the molecule is CCC1CC1C(=O)NC1CCC(C)N(C(=O)c2cnn(C(F)F)c2)C1. The molecule has 4 atom stereocenters. The maximum absolute atomic E-state index is 12.6. The Labute approximate surface area is 145 Å². The van der Waals surface area contributed by atoms with E-state index in [1.165, 1.54) is 6.20 Å². The smallest absolute Gasteiger partial charge is 0.333 e. The van der Waals surface area contributed by atoms with Crippen molar-refractivity contribution in [3.63, 3.8) is 0 Å². The van der Waals surface area contributed by atoms with E-state index in [0.717, 1.165) is 31.9 Å². The molecule has 0 aromatic carbocycles. The van der Waals surface area contributed by atoms with Crippen LogP contribution < -0.4 is 5.32 Å². The lowest BCUT2D eigenvalue weighted by Gasteiger charge is -2.38. The summed E-state index contributed by atoms with van der Waals surface area (Å²) in [6.45, 7) is 1.65. The van der Waals surface area contributed by atoms with Gasteiger partial charge in [-0.15, -0.1) is 0 Å². The van der Waals surface area contributed by atoms with Gasteiger partial charge >= 0.3 is 6.55 Å². The van der Waals surface area contributed by atoms with Gasteiger partial charge in [-0.25, -0.2) is 4.68 Å². The van der Waals surface area contributed by atoms with Gasteiger partial charge in [0, 0.05) is 30.7 Å². The average molecular weight is 354 g/mol. The van der Waals surface area contributed by atoms with Gasteiger partial charge < -0.3 is 10.2 Å². The number of piperidine rings is 1. The minimum absolute atomic E-state index is 0.000123. The lowest BCUT2D eigenvalue weighted by molar-refractivity contribution is -0.123. The molecular weight excluding hydrogens is 330 g/mol. The maximum atomic E-state index is 12.6. The highest BCUT2D eigenvalue weighted by Gasteiger charge is 2.42. The van der Waals surface area contributed by atoms with Gasteiger partial charge in [0.2, 0.25) is 5.91 Å². The summed E-state index contributed by atoms with van der Waals surface area (Å²) in [5.41, 5.74) is 0.146. The molecular formula is C17H24F2N4O2. The Balaban J connectivity index is 1.61. The zero-order valence-corrected chi connectivity index (χ0v) is 14.5. The number of nitrogens with one attached hydrogen (secondary N) is 1. The summed E-state index contributed by atoms with van der Waals surface area (Å²) in [6, 6.07) is -0.0873. The third-order valence-electron chi connectivity index (χ3n) is 5.32. The van der Waals surface area contributed by atoms with Crippen molar-refractivity contribution in [3.8, 4) is 0 Å². The molecule has 1 N–H and O–H groups in total. The van der Waals surface area contributed by atoms with Gasteiger partial charge in [0.1, 0.15) is 0 Å². The molecule has 4 unspecified atom stereocenters. The molecule has 1 aromatic heterocycles. The van der Waals surface area contributed by atoms with Crippen molar-refractivity contribution >= 4 is 11.8 Å². The van der Waals surface area contributed by atoms with E-state index in [1.54, 1.807) is 4.90 Å². The van der Waals surface area contributed by atoms with Crippen molar-refractivity contribution in [3.05, 3.63) is 18.0 Å². The van der Waals surface area contributed by atoms with E-state index in [0.29, 0.717) is 17.1 Å². The fraction of sp³-hybridized carbons (Fsp3) is 0.706. The molecule has 2 fully saturated rings. The lowest BCUT2D eigenvalue weighted by Crippen LogP contribution is -2.53. The van der Waals surface area contributed by atoms with Gasteiger partial charge in [-0.1, -0.05) is 13.3 Å². The van der Waals surface area contributed by atoms with Gasteiger partial charge in [-0.2, -0.15) is 13.9 Å². The van der Waals surface area contributed by atoms with Crippen molar-refractivity contribution in [2.24, 2.45) is 11.8 Å². The Bertz CT molecular complexity index is 648. The normalized spacial score (nSPS) is 28.9. The standard InChI is InChI=1S/C17H24F2N4O2/c1-3-11-6-14(11)15(24)21-13-5-4-10(2)22(9-13)16(25)12-7-20-23(8-12)17(18)19/h7-8,10-11,13-14,17H,3-6,9H2,1-2H3,(H,21,24). The summed E-state index contributed by atoms with van der Waals surface area (Å²) in [4.78, 5) is 26.5. The van der Waals surface area contributed by atoms with Crippen LogP contribution in [0.25, 0.3) is 0 Å². The number of nitrogens with zero attached hydrogens (tertiary/aromatic N) is 3. The van der Waals surface area contributed by atoms with Crippen LogP contribution in [-0.4, -0.2) is 45.1 Å². The van der Waals surface area contributed by atoms with E-state index in [1.807, 2.05) is 6.92 Å². The van der Waals surface area contributed by atoms with Crippen LogP contribution in [0.1, 0.15) is 56.4 Å². The van der Waals surface area contributed by atoms with Crippen molar-refractivity contribution < 1.29 is 18.4 Å². The summed E-state index contributed by atoms with van der Waals surface area (Å²) in [5, 5.41) is 6.57. The summed E-state index contributed by atoms with van der Waals surface area (Å²) in [6.07, 6.45) is 5.77. The van der Waals surface area contributed by atoms with E-state index in [-0.39, 0.29) is 35.4 Å².